The first kappa shape index (κ1) is 11.6. The summed E-state index contributed by atoms with van der Waals surface area (Å²) in [6.07, 6.45) is 3.56. The summed E-state index contributed by atoms with van der Waals surface area (Å²) in [7, 11) is 0. The number of H-pyrrole nitrogens is 1. The van der Waals surface area contributed by atoms with Crippen molar-refractivity contribution in [3.8, 4) is 0 Å². The summed E-state index contributed by atoms with van der Waals surface area (Å²) < 4.78 is 4.71. The molecule has 2 aromatic heterocycles. The van der Waals surface area contributed by atoms with Crippen molar-refractivity contribution in [1.82, 2.24) is 20.0 Å². The van der Waals surface area contributed by atoms with Crippen LogP contribution in [0.5, 0.6) is 0 Å². The van der Waals surface area contributed by atoms with Crippen LogP contribution < -0.4 is 5.56 Å². The Kier molecular flexibility index (Phi) is 2.86. The zero-order valence-corrected chi connectivity index (χ0v) is 10.1. The maximum atomic E-state index is 12.2. The number of hydrogen-bond donors (Lipinski definition) is 1. The largest absolute Gasteiger partial charge is 0.343 e. The summed E-state index contributed by atoms with van der Waals surface area (Å²) in [4.78, 5) is 32.0. The molecule has 0 aromatic carbocycles. The quantitative estimate of drug-likeness (QED) is 0.843. The molecule has 0 spiro atoms. The second kappa shape index (κ2) is 4.68. The third kappa shape index (κ3) is 2.14. The van der Waals surface area contributed by atoms with Crippen LogP contribution in [0, 0.1) is 0 Å². The second-order valence-corrected chi connectivity index (χ2v) is 4.44. The molecular weight excluding hydrogens is 248 g/mol. The van der Waals surface area contributed by atoms with E-state index in [0.29, 0.717) is 18.9 Å². The molecule has 1 N–H and O–H groups in total. The number of carbonyl (C=O) groups is 1. The molecule has 0 radical (unpaired) electrons. The summed E-state index contributed by atoms with van der Waals surface area (Å²) in [6.45, 7) is 1.10. The van der Waals surface area contributed by atoms with Crippen molar-refractivity contribution in [2.75, 3.05) is 13.1 Å². The molecule has 19 heavy (non-hydrogen) atoms. The summed E-state index contributed by atoms with van der Waals surface area (Å²) in [6, 6.07) is 3.17. The average molecular weight is 260 g/mol. The lowest BCUT2D eigenvalue weighted by Crippen LogP contribution is -2.32. The number of amides is 1. The van der Waals surface area contributed by atoms with Crippen LogP contribution in [0.15, 0.2) is 34.0 Å². The Bertz CT molecular complexity index is 634. The van der Waals surface area contributed by atoms with E-state index < -0.39 is 0 Å². The lowest BCUT2D eigenvalue weighted by molar-refractivity contribution is 0.0788. The molecule has 0 bridgehead atoms. The fourth-order valence-electron chi connectivity index (χ4n) is 2.27. The van der Waals surface area contributed by atoms with E-state index in [1.54, 1.807) is 11.0 Å². The normalized spacial score (nSPS) is 18.7. The van der Waals surface area contributed by atoms with Gasteiger partial charge in [0.25, 0.3) is 11.5 Å². The lowest BCUT2D eigenvalue weighted by atomic mass is 10.1. The van der Waals surface area contributed by atoms with Gasteiger partial charge in [-0.25, -0.2) is 0 Å². The number of nitrogens with one attached hydrogen (secondary N) is 1. The van der Waals surface area contributed by atoms with Crippen LogP contribution in [0.3, 0.4) is 0 Å². The Hall–Kier alpha value is -2.44. The van der Waals surface area contributed by atoms with Gasteiger partial charge < -0.3 is 14.4 Å². The minimum absolute atomic E-state index is 0.0745. The van der Waals surface area contributed by atoms with Crippen LogP contribution in [0.1, 0.15) is 28.5 Å². The highest BCUT2D eigenvalue weighted by molar-refractivity contribution is 5.94. The van der Waals surface area contributed by atoms with Crippen molar-refractivity contribution in [3.63, 3.8) is 0 Å². The summed E-state index contributed by atoms with van der Waals surface area (Å²) in [5.41, 5.74) is -0.202. The van der Waals surface area contributed by atoms with Gasteiger partial charge >= 0.3 is 0 Å². The van der Waals surface area contributed by atoms with E-state index in [-0.39, 0.29) is 22.9 Å². The minimum Gasteiger partial charge on any atom is -0.343 e. The van der Waals surface area contributed by atoms with Crippen molar-refractivity contribution in [2.24, 2.45) is 0 Å². The number of nitrogens with zero attached hydrogens (tertiary/aromatic N) is 3. The molecule has 1 fully saturated rings. The van der Waals surface area contributed by atoms with Gasteiger partial charge in [0.1, 0.15) is 5.56 Å². The Morgan fingerprint density at radius 2 is 2.42 bits per heavy atom. The van der Waals surface area contributed by atoms with Crippen LogP contribution in [0.4, 0.5) is 0 Å². The maximum Gasteiger partial charge on any atom is 0.260 e. The molecule has 1 aliphatic heterocycles. The highest BCUT2D eigenvalue weighted by atomic mass is 16.5. The van der Waals surface area contributed by atoms with Crippen molar-refractivity contribution in [3.05, 3.63) is 46.5 Å². The van der Waals surface area contributed by atoms with Gasteiger partial charge in [-0.3, -0.25) is 9.59 Å². The summed E-state index contributed by atoms with van der Waals surface area (Å²) >= 11 is 0. The Morgan fingerprint density at radius 3 is 3.16 bits per heavy atom. The van der Waals surface area contributed by atoms with Crippen LogP contribution in [0.2, 0.25) is 0 Å². The van der Waals surface area contributed by atoms with Gasteiger partial charge in [0.15, 0.2) is 5.82 Å². The predicted octanol–water partition coefficient (Wildman–Crippen LogP) is 0.388. The van der Waals surface area contributed by atoms with Crippen molar-refractivity contribution in [2.45, 2.75) is 12.3 Å². The number of rotatable bonds is 2. The van der Waals surface area contributed by atoms with Gasteiger partial charge in [-0.1, -0.05) is 5.16 Å². The zero-order chi connectivity index (χ0) is 13.2. The fraction of sp³-hybridized carbons (Fsp3) is 0.333. The Balaban J connectivity index is 1.77. The van der Waals surface area contributed by atoms with E-state index >= 15 is 0 Å². The zero-order valence-electron chi connectivity index (χ0n) is 10.1. The molecule has 2 aromatic rings. The van der Waals surface area contributed by atoms with Crippen LogP contribution in [0.25, 0.3) is 0 Å². The number of hydrogen-bond acceptors (Lipinski definition) is 5. The average Bonchev–Trinajstić information content (AvgIpc) is 3.09. The fourth-order valence-corrected chi connectivity index (χ4v) is 2.27. The highest BCUT2D eigenvalue weighted by Crippen LogP contribution is 2.25. The Labute approximate surface area is 108 Å². The highest BCUT2D eigenvalue weighted by Gasteiger charge is 2.31. The standard InChI is InChI=1S/C12H12N4O3/c17-11-9(2-1-4-13-11)12(18)16-5-3-8(6-16)10-14-7-19-15-10/h1-2,4,7-8H,3,5-6H2,(H,13,17)/t8-/m1/s1. The second-order valence-electron chi connectivity index (χ2n) is 4.44. The number of likely N-dealkylation sites (tertiary alicyclic amines) is 1. The van der Waals surface area contributed by atoms with Crippen molar-refractivity contribution in [1.29, 1.82) is 0 Å². The van der Waals surface area contributed by atoms with Crippen molar-refractivity contribution < 1.29 is 9.32 Å². The molecule has 98 valence electrons. The minimum atomic E-state index is -0.365. The van der Waals surface area contributed by atoms with E-state index in [2.05, 4.69) is 15.1 Å². The molecular formula is C12H12N4O3. The van der Waals surface area contributed by atoms with E-state index in [9.17, 15) is 9.59 Å². The van der Waals surface area contributed by atoms with E-state index in [1.807, 2.05) is 0 Å². The first-order valence-electron chi connectivity index (χ1n) is 5.99. The third-order valence-electron chi connectivity index (χ3n) is 3.27. The molecule has 0 saturated carbocycles. The van der Waals surface area contributed by atoms with E-state index in [4.69, 9.17) is 4.52 Å². The molecule has 0 aliphatic carbocycles. The molecule has 1 aliphatic rings. The van der Waals surface area contributed by atoms with Crippen LogP contribution >= 0.6 is 0 Å². The van der Waals surface area contributed by atoms with Crippen molar-refractivity contribution >= 4 is 5.91 Å². The van der Waals surface area contributed by atoms with Gasteiger partial charge in [0, 0.05) is 25.2 Å². The number of aromatic amines is 1. The van der Waals surface area contributed by atoms with Gasteiger partial charge in [-0.15, -0.1) is 0 Å². The molecule has 0 unspecified atom stereocenters. The van der Waals surface area contributed by atoms with Gasteiger partial charge in [0.2, 0.25) is 6.39 Å². The summed E-state index contributed by atoms with van der Waals surface area (Å²) in [5, 5.41) is 3.79. The van der Waals surface area contributed by atoms with Gasteiger partial charge in [-0.05, 0) is 18.6 Å². The molecule has 7 heteroatoms. The van der Waals surface area contributed by atoms with Gasteiger partial charge in [0.05, 0.1) is 0 Å². The number of carbonyl (C=O) groups excluding carboxylic acids is 1. The van der Waals surface area contributed by atoms with E-state index in [0.717, 1.165) is 6.42 Å². The number of pyridine rings is 1. The van der Waals surface area contributed by atoms with Crippen LogP contribution in [-0.2, 0) is 0 Å². The molecule has 3 heterocycles. The Morgan fingerprint density at radius 1 is 1.53 bits per heavy atom. The predicted molar refractivity (Wildman–Crippen MR) is 64.6 cm³/mol. The summed E-state index contributed by atoms with van der Waals surface area (Å²) in [5.74, 6) is 0.426. The number of aromatic nitrogens is 3. The first-order chi connectivity index (χ1) is 9.25. The monoisotopic (exact) mass is 260 g/mol. The molecule has 7 nitrogen and oxygen atoms in total. The molecule has 1 atom stereocenters. The molecule has 3 rings (SSSR count). The smallest absolute Gasteiger partial charge is 0.260 e. The van der Waals surface area contributed by atoms with Gasteiger partial charge in [-0.2, -0.15) is 4.98 Å². The molecule has 1 amide bonds. The third-order valence-corrected chi connectivity index (χ3v) is 3.27. The SMILES string of the molecule is O=C(c1ccc[nH]c1=O)N1CC[C@@H](c2ncon2)C1. The van der Waals surface area contributed by atoms with Crippen LogP contribution in [-0.4, -0.2) is 39.0 Å². The lowest BCUT2D eigenvalue weighted by Gasteiger charge is -2.15. The first-order valence-corrected chi connectivity index (χ1v) is 5.99. The maximum absolute atomic E-state index is 12.2. The van der Waals surface area contributed by atoms with E-state index in [1.165, 1.54) is 18.7 Å². The topological polar surface area (TPSA) is 92.1 Å². The molecule has 1 saturated heterocycles.